The molecule has 0 saturated heterocycles. The third-order valence-electron chi connectivity index (χ3n) is 7.71. The van der Waals surface area contributed by atoms with Crippen molar-refractivity contribution in [2.24, 2.45) is 11.3 Å². The summed E-state index contributed by atoms with van der Waals surface area (Å²) in [6.45, 7) is 3.81. The number of rotatable bonds is 6. The maximum atomic E-state index is 13.7. The van der Waals surface area contributed by atoms with Crippen molar-refractivity contribution < 1.29 is 14.0 Å². The van der Waals surface area contributed by atoms with E-state index in [2.05, 4.69) is 36.2 Å². The second kappa shape index (κ2) is 9.79. The van der Waals surface area contributed by atoms with Crippen LogP contribution in [-0.4, -0.2) is 37.4 Å². The van der Waals surface area contributed by atoms with Gasteiger partial charge in [0.05, 0.1) is 11.3 Å². The molecule has 1 aliphatic heterocycles. The van der Waals surface area contributed by atoms with Crippen molar-refractivity contribution in [3.63, 3.8) is 0 Å². The quantitative estimate of drug-likeness (QED) is 0.278. The van der Waals surface area contributed by atoms with Crippen LogP contribution in [0.15, 0.2) is 71.1 Å². The Bertz CT molecular complexity index is 1680. The van der Waals surface area contributed by atoms with Crippen LogP contribution < -0.4 is 10.6 Å². The lowest BCUT2D eigenvalue weighted by atomic mass is 9.71. The number of H-pyrrole nitrogens is 1. The summed E-state index contributed by atoms with van der Waals surface area (Å²) in [7, 11) is 0. The van der Waals surface area contributed by atoms with Crippen molar-refractivity contribution in [1.82, 2.24) is 25.6 Å². The highest BCUT2D eigenvalue weighted by molar-refractivity contribution is 6.03. The smallest absolute Gasteiger partial charge is 0.231 e. The number of amides is 2. The van der Waals surface area contributed by atoms with Gasteiger partial charge in [0.2, 0.25) is 23.5 Å². The number of tetrazole rings is 1. The van der Waals surface area contributed by atoms with Crippen molar-refractivity contribution >= 4 is 34.3 Å². The molecule has 1 unspecified atom stereocenters. The first kappa shape index (κ1) is 24.5. The first-order valence-corrected chi connectivity index (χ1v) is 12.9. The molecule has 3 aromatic carbocycles. The Labute approximate surface area is 224 Å². The number of anilines is 2. The number of aryl methyl sites for hydroxylation is 1. The molecule has 2 atom stereocenters. The van der Waals surface area contributed by atoms with Gasteiger partial charge in [0.15, 0.2) is 5.58 Å². The lowest BCUT2D eigenvalue weighted by molar-refractivity contribution is -0.135. The molecule has 0 bridgehead atoms. The normalized spacial score (nSPS) is 16.7. The molecule has 10 nitrogen and oxygen atoms in total. The zero-order valence-electron chi connectivity index (χ0n) is 21.6. The second-order valence-corrected chi connectivity index (χ2v) is 9.95. The standard InChI is InChI=1S/C29H27N7O3/c1-3-29(2,21-14-12-17-8-4-7-11-22(17)31-26(21)37)28(38)30-18-13-15-24-23(16-18)32-27(39-24)20-10-6-5-9-19(20)25-33-35-36-34-25/h4-11,13,15-16,21H,3,12,14H2,1-2H3,(H,30,38)(H,31,37)(H,33,34,35,36)/t21-,29?/m0/s1. The maximum Gasteiger partial charge on any atom is 0.231 e. The van der Waals surface area contributed by atoms with Gasteiger partial charge in [-0.2, -0.15) is 5.21 Å². The van der Waals surface area contributed by atoms with E-state index in [0.29, 0.717) is 41.3 Å². The van der Waals surface area contributed by atoms with E-state index in [0.717, 1.165) is 28.8 Å². The Hall–Kier alpha value is -4.86. The van der Waals surface area contributed by atoms with Gasteiger partial charge in [-0.05, 0) is 67.3 Å². The van der Waals surface area contributed by atoms with Gasteiger partial charge in [-0.15, -0.1) is 10.2 Å². The zero-order valence-corrected chi connectivity index (χ0v) is 21.6. The molecule has 6 rings (SSSR count). The number of nitrogens with zero attached hydrogens (tertiary/aromatic N) is 4. The number of aromatic amines is 1. The van der Waals surface area contributed by atoms with Crippen LogP contribution in [0.2, 0.25) is 0 Å². The molecular weight excluding hydrogens is 494 g/mol. The first-order chi connectivity index (χ1) is 19.0. The van der Waals surface area contributed by atoms with Crippen molar-refractivity contribution in [3.8, 4) is 22.8 Å². The van der Waals surface area contributed by atoms with Gasteiger partial charge in [0.25, 0.3) is 0 Å². The third-order valence-corrected chi connectivity index (χ3v) is 7.71. The van der Waals surface area contributed by atoms with Gasteiger partial charge in [0.1, 0.15) is 5.52 Å². The van der Waals surface area contributed by atoms with Gasteiger partial charge in [-0.3, -0.25) is 9.59 Å². The van der Waals surface area contributed by atoms with E-state index < -0.39 is 11.3 Å². The molecule has 196 valence electrons. The van der Waals surface area contributed by atoms with E-state index in [9.17, 15) is 9.59 Å². The molecule has 0 aliphatic carbocycles. The molecule has 0 saturated carbocycles. The molecule has 3 N–H and O–H groups in total. The molecule has 0 spiro atoms. The van der Waals surface area contributed by atoms with Crippen LogP contribution in [0, 0.1) is 11.3 Å². The van der Waals surface area contributed by atoms with Crippen molar-refractivity contribution in [1.29, 1.82) is 0 Å². The molecule has 10 heteroatoms. The minimum atomic E-state index is -0.903. The van der Waals surface area contributed by atoms with Gasteiger partial charge in [0, 0.05) is 22.5 Å². The van der Waals surface area contributed by atoms with Gasteiger partial charge < -0.3 is 15.1 Å². The van der Waals surface area contributed by atoms with E-state index in [-0.39, 0.29) is 11.8 Å². The molecule has 2 aromatic heterocycles. The number of hydrogen-bond acceptors (Lipinski definition) is 7. The molecule has 3 heterocycles. The Morgan fingerprint density at radius 2 is 1.90 bits per heavy atom. The zero-order chi connectivity index (χ0) is 27.0. The Kier molecular flexibility index (Phi) is 6.14. The lowest BCUT2D eigenvalue weighted by Crippen LogP contribution is -2.44. The van der Waals surface area contributed by atoms with Gasteiger partial charge in [-0.1, -0.05) is 43.3 Å². The maximum absolute atomic E-state index is 13.7. The molecule has 5 aromatic rings. The number of aromatic nitrogens is 5. The third kappa shape index (κ3) is 4.43. The van der Waals surface area contributed by atoms with Gasteiger partial charge in [-0.25, -0.2) is 4.98 Å². The number of nitrogens with one attached hydrogen (secondary N) is 3. The Morgan fingerprint density at radius 3 is 2.69 bits per heavy atom. The predicted octanol–water partition coefficient (Wildman–Crippen LogP) is 5.23. The highest BCUT2D eigenvalue weighted by atomic mass is 16.3. The summed E-state index contributed by atoms with van der Waals surface area (Å²) in [5.74, 6) is 0.0316. The highest BCUT2D eigenvalue weighted by Gasteiger charge is 2.44. The predicted molar refractivity (Wildman–Crippen MR) is 147 cm³/mol. The fourth-order valence-electron chi connectivity index (χ4n) is 5.22. The van der Waals surface area contributed by atoms with Crippen molar-refractivity contribution in [2.45, 2.75) is 33.1 Å². The molecular formula is C29H27N7O3. The minimum absolute atomic E-state index is 0.128. The monoisotopic (exact) mass is 521 g/mol. The number of oxazole rings is 1. The van der Waals surface area contributed by atoms with Crippen LogP contribution in [0.5, 0.6) is 0 Å². The molecule has 0 radical (unpaired) electrons. The SMILES string of the molecule is CCC(C)(C(=O)Nc1ccc2oc(-c3ccccc3-c3nn[nH]n3)nc2c1)[C@H]1CCc2ccccc2NC1=O. The van der Waals surface area contributed by atoms with Crippen LogP contribution in [0.3, 0.4) is 0 Å². The highest BCUT2D eigenvalue weighted by Crippen LogP contribution is 2.39. The summed E-state index contributed by atoms with van der Waals surface area (Å²) in [4.78, 5) is 31.6. The Morgan fingerprint density at radius 1 is 1.10 bits per heavy atom. The fraction of sp³-hybridized carbons (Fsp3) is 0.241. The summed E-state index contributed by atoms with van der Waals surface area (Å²) in [5, 5.41) is 20.3. The number of carbonyl (C=O) groups excluding carboxylic acids is 2. The van der Waals surface area contributed by atoms with Crippen LogP contribution in [-0.2, 0) is 16.0 Å². The summed E-state index contributed by atoms with van der Waals surface area (Å²) >= 11 is 0. The van der Waals surface area contributed by atoms with E-state index in [1.807, 2.05) is 62.4 Å². The number of para-hydroxylation sites is 1. The molecule has 1 aliphatic rings. The first-order valence-electron chi connectivity index (χ1n) is 12.9. The molecule has 39 heavy (non-hydrogen) atoms. The Balaban J connectivity index is 1.26. The average molecular weight is 522 g/mol. The second-order valence-electron chi connectivity index (χ2n) is 9.95. The summed E-state index contributed by atoms with van der Waals surface area (Å²) in [6.07, 6.45) is 1.82. The molecule has 2 amide bonds. The summed E-state index contributed by atoms with van der Waals surface area (Å²) < 4.78 is 6.03. The summed E-state index contributed by atoms with van der Waals surface area (Å²) in [5.41, 5.74) is 4.19. The van der Waals surface area contributed by atoms with Crippen LogP contribution in [0.4, 0.5) is 11.4 Å². The number of hydrogen-bond donors (Lipinski definition) is 3. The minimum Gasteiger partial charge on any atom is -0.436 e. The van der Waals surface area contributed by atoms with E-state index in [4.69, 9.17) is 4.42 Å². The van der Waals surface area contributed by atoms with E-state index >= 15 is 0 Å². The van der Waals surface area contributed by atoms with Crippen molar-refractivity contribution in [3.05, 3.63) is 72.3 Å². The summed E-state index contributed by atoms with van der Waals surface area (Å²) in [6, 6.07) is 20.6. The van der Waals surface area contributed by atoms with E-state index in [1.165, 1.54) is 0 Å². The lowest BCUT2D eigenvalue weighted by Gasteiger charge is -2.34. The van der Waals surface area contributed by atoms with Crippen molar-refractivity contribution in [2.75, 3.05) is 10.6 Å². The number of fused-ring (bicyclic) bond motifs is 2. The average Bonchev–Trinajstić information content (AvgIpc) is 3.60. The molecule has 0 fully saturated rings. The topological polar surface area (TPSA) is 139 Å². The van der Waals surface area contributed by atoms with E-state index in [1.54, 1.807) is 18.2 Å². The largest absolute Gasteiger partial charge is 0.436 e. The number of benzene rings is 3. The van der Waals surface area contributed by atoms with Crippen LogP contribution >= 0.6 is 0 Å². The van der Waals surface area contributed by atoms with Gasteiger partial charge >= 0.3 is 0 Å². The fourth-order valence-corrected chi connectivity index (χ4v) is 5.22. The van der Waals surface area contributed by atoms with Crippen LogP contribution in [0.1, 0.15) is 32.3 Å². The number of carbonyl (C=O) groups is 2. The van der Waals surface area contributed by atoms with Crippen LogP contribution in [0.25, 0.3) is 33.9 Å².